The number of piperidine rings is 1. The van der Waals surface area contributed by atoms with Gasteiger partial charge in [0.05, 0.1) is 12.0 Å². The number of nitrogens with zero attached hydrogens (tertiary/aromatic N) is 2. The average Bonchev–Trinajstić information content (AvgIpc) is 3.29. The van der Waals surface area contributed by atoms with Crippen molar-refractivity contribution in [1.82, 2.24) is 9.80 Å². The summed E-state index contributed by atoms with van der Waals surface area (Å²) >= 11 is 0. The molecule has 4 rings (SSSR count). The molecule has 3 N–H and O–H groups in total. The van der Waals surface area contributed by atoms with Crippen molar-refractivity contribution >= 4 is 23.4 Å². The van der Waals surface area contributed by atoms with Crippen LogP contribution in [0, 0.1) is 12.8 Å². The van der Waals surface area contributed by atoms with Gasteiger partial charge >= 0.3 is 0 Å². The largest absolute Gasteiger partial charge is 0.368 e. The van der Waals surface area contributed by atoms with E-state index in [0.717, 1.165) is 49.0 Å². The van der Waals surface area contributed by atoms with E-state index < -0.39 is 0 Å². The zero-order chi connectivity index (χ0) is 23.4. The van der Waals surface area contributed by atoms with Gasteiger partial charge in [-0.05, 0) is 62.9 Å². The highest BCUT2D eigenvalue weighted by Gasteiger charge is 2.31. The van der Waals surface area contributed by atoms with Gasteiger partial charge in [-0.2, -0.15) is 0 Å². The lowest BCUT2D eigenvalue weighted by Gasteiger charge is -2.32. The maximum atomic E-state index is 13.1. The van der Waals surface area contributed by atoms with Crippen LogP contribution in [0.25, 0.3) is 0 Å². The highest BCUT2D eigenvalue weighted by Crippen LogP contribution is 2.26. The number of amides is 3. The van der Waals surface area contributed by atoms with Gasteiger partial charge in [-0.15, -0.1) is 0 Å². The van der Waals surface area contributed by atoms with Crippen LogP contribution in [-0.4, -0.2) is 53.2 Å². The second kappa shape index (κ2) is 10.2. The van der Waals surface area contributed by atoms with E-state index in [1.165, 1.54) is 0 Å². The molecule has 2 aromatic rings. The van der Waals surface area contributed by atoms with Crippen LogP contribution in [0.5, 0.6) is 0 Å². The summed E-state index contributed by atoms with van der Waals surface area (Å²) in [5.41, 5.74) is 9.04. The fourth-order valence-electron chi connectivity index (χ4n) is 4.83. The SMILES string of the molecule is Cc1ccc(C(=O)N2CCCC(C(=O)Nc3ccccc3CN3CCCC3C(N)=O)C2)cc1. The molecule has 2 unspecified atom stereocenters. The van der Waals surface area contributed by atoms with E-state index in [2.05, 4.69) is 10.2 Å². The fourth-order valence-corrected chi connectivity index (χ4v) is 4.83. The summed E-state index contributed by atoms with van der Waals surface area (Å²) in [6, 6.07) is 15.0. The molecule has 0 aliphatic carbocycles. The Morgan fingerprint density at radius 1 is 1.00 bits per heavy atom. The van der Waals surface area contributed by atoms with Gasteiger partial charge in [0.25, 0.3) is 5.91 Å². The Hall–Kier alpha value is -3.19. The monoisotopic (exact) mass is 448 g/mol. The second-order valence-electron chi connectivity index (χ2n) is 9.13. The first-order chi connectivity index (χ1) is 15.9. The summed E-state index contributed by atoms with van der Waals surface area (Å²) in [6.07, 6.45) is 3.26. The van der Waals surface area contributed by atoms with Crippen LogP contribution >= 0.6 is 0 Å². The number of nitrogens with two attached hydrogens (primary N) is 1. The molecule has 7 heteroatoms. The zero-order valence-corrected chi connectivity index (χ0v) is 19.1. The Bertz CT molecular complexity index is 1020. The number of para-hydroxylation sites is 1. The van der Waals surface area contributed by atoms with Crippen molar-refractivity contribution in [3.63, 3.8) is 0 Å². The average molecular weight is 449 g/mol. The van der Waals surface area contributed by atoms with Crippen molar-refractivity contribution in [1.29, 1.82) is 0 Å². The molecule has 0 radical (unpaired) electrons. The van der Waals surface area contributed by atoms with Crippen LogP contribution < -0.4 is 11.1 Å². The number of benzene rings is 2. The lowest BCUT2D eigenvalue weighted by molar-refractivity contribution is -0.122. The Labute approximate surface area is 194 Å². The molecule has 0 spiro atoms. The molecule has 3 amide bonds. The summed E-state index contributed by atoms with van der Waals surface area (Å²) < 4.78 is 0. The normalized spacial score (nSPS) is 21.1. The number of aryl methyl sites for hydroxylation is 1. The Morgan fingerprint density at radius 2 is 1.73 bits per heavy atom. The standard InChI is InChI=1S/C26H32N4O3/c1-18-10-12-19(13-11-18)26(33)30-15-4-7-21(17-30)25(32)28-22-8-3-2-6-20(22)16-29-14-5-9-23(29)24(27)31/h2-3,6,8,10-13,21,23H,4-5,7,9,14-17H2,1H3,(H2,27,31)(H,28,32). The third-order valence-corrected chi connectivity index (χ3v) is 6.72. The van der Waals surface area contributed by atoms with E-state index in [9.17, 15) is 14.4 Å². The highest BCUT2D eigenvalue weighted by molar-refractivity contribution is 5.96. The molecule has 0 aromatic heterocycles. The van der Waals surface area contributed by atoms with E-state index in [4.69, 9.17) is 5.73 Å². The molecule has 174 valence electrons. The number of likely N-dealkylation sites (tertiary alicyclic amines) is 2. The number of hydrogen-bond acceptors (Lipinski definition) is 4. The van der Waals surface area contributed by atoms with Crippen molar-refractivity contribution in [2.24, 2.45) is 11.7 Å². The summed E-state index contributed by atoms with van der Waals surface area (Å²) in [7, 11) is 0. The smallest absolute Gasteiger partial charge is 0.253 e. The van der Waals surface area contributed by atoms with E-state index >= 15 is 0 Å². The topological polar surface area (TPSA) is 95.7 Å². The lowest BCUT2D eigenvalue weighted by Crippen LogP contribution is -2.44. The molecule has 2 heterocycles. The molecule has 2 aliphatic rings. The summed E-state index contributed by atoms with van der Waals surface area (Å²) in [5, 5.41) is 3.09. The van der Waals surface area contributed by atoms with Crippen LogP contribution in [-0.2, 0) is 16.1 Å². The van der Waals surface area contributed by atoms with Crippen molar-refractivity contribution in [3.8, 4) is 0 Å². The number of primary amides is 1. The van der Waals surface area contributed by atoms with Crippen LogP contribution in [0.1, 0.15) is 47.2 Å². The van der Waals surface area contributed by atoms with Crippen LogP contribution in [0.3, 0.4) is 0 Å². The maximum absolute atomic E-state index is 13.1. The van der Waals surface area contributed by atoms with E-state index in [0.29, 0.717) is 25.2 Å². The second-order valence-corrected chi connectivity index (χ2v) is 9.13. The molecular weight excluding hydrogens is 416 g/mol. The molecule has 7 nitrogen and oxygen atoms in total. The predicted molar refractivity (Wildman–Crippen MR) is 128 cm³/mol. The molecule has 2 saturated heterocycles. The lowest BCUT2D eigenvalue weighted by atomic mass is 9.96. The van der Waals surface area contributed by atoms with Gasteiger partial charge in [0.1, 0.15) is 0 Å². The number of hydrogen-bond donors (Lipinski definition) is 2. The van der Waals surface area contributed by atoms with E-state index in [1.54, 1.807) is 4.90 Å². The molecule has 2 aliphatic heterocycles. The van der Waals surface area contributed by atoms with Crippen LogP contribution in [0.4, 0.5) is 5.69 Å². The number of rotatable bonds is 6. The Kier molecular flexibility index (Phi) is 7.08. The van der Waals surface area contributed by atoms with Gasteiger partial charge in [0.2, 0.25) is 11.8 Å². The summed E-state index contributed by atoms with van der Waals surface area (Å²) in [5.74, 6) is -0.655. The maximum Gasteiger partial charge on any atom is 0.253 e. The first-order valence-electron chi connectivity index (χ1n) is 11.7. The zero-order valence-electron chi connectivity index (χ0n) is 19.1. The molecule has 2 aromatic carbocycles. The Balaban J connectivity index is 1.41. The Morgan fingerprint density at radius 3 is 2.48 bits per heavy atom. The van der Waals surface area contributed by atoms with Gasteiger partial charge in [0.15, 0.2) is 0 Å². The van der Waals surface area contributed by atoms with Gasteiger partial charge in [-0.1, -0.05) is 35.9 Å². The molecular formula is C26H32N4O3. The van der Waals surface area contributed by atoms with Crippen LogP contribution in [0.2, 0.25) is 0 Å². The predicted octanol–water partition coefficient (Wildman–Crippen LogP) is 2.94. The van der Waals surface area contributed by atoms with Crippen molar-refractivity contribution < 1.29 is 14.4 Å². The van der Waals surface area contributed by atoms with Gasteiger partial charge in [0, 0.05) is 30.9 Å². The minimum absolute atomic E-state index is 0.0283. The molecule has 33 heavy (non-hydrogen) atoms. The number of nitrogens with one attached hydrogen (secondary N) is 1. The first-order valence-corrected chi connectivity index (χ1v) is 11.7. The van der Waals surface area contributed by atoms with Crippen molar-refractivity contribution in [2.75, 3.05) is 25.0 Å². The van der Waals surface area contributed by atoms with E-state index in [-0.39, 0.29) is 29.7 Å². The third kappa shape index (κ3) is 5.42. The van der Waals surface area contributed by atoms with Crippen molar-refractivity contribution in [3.05, 3.63) is 65.2 Å². The van der Waals surface area contributed by atoms with Gasteiger partial charge in [-0.3, -0.25) is 19.3 Å². The van der Waals surface area contributed by atoms with E-state index in [1.807, 2.05) is 55.5 Å². The summed E-state index contributed by atoms with van der Waals surface area (Å²) in [6.45, 7) is 4.44. The quantitative estimate of drug-likeness (QED) is 0.710. The highest BCUT2D eigenvalue weighted by atomic mass is 16.2. The first kappa shape index (κ1) is 23.0. The minimum Gasteiger partial charge on any atom is -0.368 e. The molecule has 0 bridgehead atoms. The van der Waals surface area contributed by atoms with Crippen molar-refractivity contribution in [2.45, 2.75) is 45.2 Å². The van der Waals surface area contributed by atoms with Gasteiger partial charge in [-0.25, -0.2) is 0 Å². The molecule has 0 saturated carbocycles. The minimum atomic E-state index is -0.297. The number of carbonyl (C=O) groups excluding carboxylic acids is 3. The summed E-state index contributed by atoms with van der Waals surface area (Å²) in [4.78, 5) is 41.7. The fraction of sp³-hybridized carbons (Fsp3) is 0.423. The third-order valence-electron chi connectivity index (χ3n) is 6.72. The van der Waals surface area contributed by atoms with Crippen LogP contribution in [0.15, 0.2) is 48.5 Å². The number of carbonyl (C=O) groups is 3. The number of anilines is 1. The molecule has 2 atom stereocenters. The van der Waals surface area contributed by atoms with Gasteiger partial charge < -0.3 is 16.0 Å². The molecule has 2 fully saturated rings.